The number of carboxylic acids is 1. The van der Waals surface area contributed by atoms with E-state index in [0.717, 1.165) is 48.6 Å². The van der Waals surface area contributed by atoms with Crippen molar-refractivity contribution in [2.75, 3.05) is 44.8 Å². The number of nitrogen functional groups attached to an aromatic ring is 1. The van der Waals surface area contributed by atoms with Crippen LogP contribution in [0.25, 0.3) is 0 Å². The van der Waals surface area contributed by atoms with E-state index < -0.39 is 18.1 Å². The third kappa shape index (κ3) is 12.2. The number of rotatable bonds is 10. The molecule has 1 heterocycles. The molecule has 0 aliphatic carbocycles. The minimum atomic E-state index is -5.08. The lowest BCUT2D eigenvalue weighted by Crippen LogP contribution is -2.38. The molecule has 224 valence electrons. The van der Waals surface area contributed by atoms with E-state index in [1.54, 1.807) is 24.3 Å². The smallest absolute Gasteiger partial charge is 0.490 e. The first-order valence-corrected chi connectivity index (χ1v) is 13.1. The van der Waals surface area contributed by atoms with Gasteiger partial charge in [-0.1, -0.05) is 6.07 Å². The van der Waals surface area contributed by atoms with Gasteiger partial charge in [0.2, 0.25) is 11.8 Å². The normalized spacial score (nSPS) is 14.2. The highest BCUT2D eigenvalue weighted by atomic mass is 79.9. The van der Waals surface area contributed by atoms with Crippen molar-refractivity contribution in [3.8, 4) is 5.75 Å². The number of halogens is 4. The molecule has 0 aromatic heterocycles. The van der Waals surface area contributed by atoms with E-state index in [2.05, 4.69) is 31.5 Å². The van der Waals surface area contributed by atoms with Gasteiger partial charge >= 0.3 is 12.1 Å². The summed E-state index contributed by atoms with van der Waals surface area (Å²) in [5.74, 6) is -2.87. The minimum absolute atomic E-state index is 0.0505. The van der Waals surface area contributed by atoms with Gasteiger partial charge in [-0.15, -0.1) is 0 Å². The zero-order valence-corrected chi connectivity index (χ0v) is 23.7. The fourth-order valence-electron chi connectivity index (χ4n) is 3.47. The molecule has 3 rings (SSSR count). The van der Waals surface area contributed by atoms with Gasteiger partial charge in [-0.25, -0.2) is 4.79 Å². The van der Waals surface area contributed by atoms with E-state index in [1.165, 1.54) is 0 Å². The SMILES string of the molecule is CC(NC(=O)CC(=O)Nc1ccc(C(=N)N)cc1)c1ccc(OCCN2CCOCC2)c(Br)c1.O=C(O)C(F)(F)F. The second kappa shape index (κ2) is 15.9. The lowest BCUT2D eigenvalue weighted by molar-refractivity contribution is -0.192. The molecular weight excluding hydrogens is 615 g/mol. The Hall–Kier alpha value is -3.69. The molecule has 1 unspecified atom stereocenters. The predicted molar refractivity (Wildman–Crippen MR) is 148 cm³/mol. The summed E-state index contributed by atoms with van der Waals surface area (Å²) in [4.78, 5) is 35.7. The number of ether oxygens (including phenoxy) is 2. The molecule has 1 saturated heterocycles. The van der Waals surface area contributed by atoms with Crippen molar-refractivity contribution in [3.05, 3.63) is 58.1 Å². The molecule has 41 heavy (non-hydrogen) atoms. The minimum Gasteiger partial charge on any atom is -0.491 e. The van der Waals surface area contributed by atoms with Crippen LogP contribution in [0, 0.1) is 5.41 Å². The average molecular weight is 646 g/mol. The molecule has 0 saturated carbocycles. The van der Waals surface area contributed by atoms with Crippen LogP contribution in [0.1, 0.15) is 30.5 Å². The molecule has 0 radical (unpaired) electrons. The first kappa shape index (κ1) is 33.5. The number of hydrogen-bond donors (Lipinski definition) is 5. The van der Waals surface area contributed by atoms with Gasteiger partial charge in [0, 0.05) is 30.9 Å². The van der Waals surface area contributed by atoms with Gasteiger partial charge in [0.15, 0.2) is 0 Å². The monoisotopic (exact) mass is 645 g/mol. The van der Waals surface area contributed by atoms with Crippen LogP contribution in [-0.2, 0) is 19.1 Å². The number of nitrogens with zero attached hydrogens (tertiary/aromatic N) is 1. The van der Waals surface area contributed by atoms with Gasteiger partial charge in [-0.3, -0.25) is 19.9 Å². The Morgan fingerprint density at radius 3 is 2.29 bits per heavy atom. The Morgan fingerprint density at radius 1 is 1.15 bits per heavy atom. The maximum Gasteiger partial charge on any atom is 0.490 e. The number of amidine groups is 1. The van der Waals surface area contributed by atoms with Crippen molar-refractivity contribution in [1.82, 2.24) is 10.2 Å². The van der Waals surface area contributed by atoms with Gasteiger partial charge in [-0.05, 0) is 64.8 Å². The van der Waals surface area contributed by atoms with Crippen LogP contribution in [0.2, 0.25) is 0 Å². The molecule has 6 N–H and O–H groups in total. The fourth-order valence-corrected chi connectivity index (χ4v) is 3.98. The van der Waals surface area contributed by atoms with Crippen molar-refractivity contribution in [1.29, 1.82) is 5.41 Å². The Balaban J connectivity index is 0.000000745. The second-order valence-corrected chi connectivity index (χ2v) is 9.65. The third-order valence-electron chi connectivity index (χ3n) is 5.65. The van der Waals surface area contributed by atoms with E-state index in [9.17, 15) is 22.8 Å². The largest absolute Gasteiger partial charge is 0.491 e. The number of alkyl halides is 3. The Bertz CT molecular complexity index is 1210. The maximum absolute atomic E-state index is 12.3. The number of anilines is 1. The van der Waals surface area contributed by atoms with Gasteiger partial charge < -0.3 is 30.9 Å². The summed E-state index contributed by atoms with van der Waals surface area (Å²) in [5, 5.41) is 20.0. The van der Waals surface area contributed by atoms with Crippen LogP contribution in [0.5, 0.6) is 5.75 Å². The zero-order valence-electron chi connectivity index (χ0n) is 22.1. The second-order valence-electron chi connectivity index (χ2n) is 8.80. The fraction of sp³-hybridized carbons (Fsp3) is 0.385. The molecular formula is C26H31BrF3N5O6. The van der Waals surface area contributed by atoms with Crippen molar-refractivity contribution in [2.24, 2.45) is 5.73 Å². The molecule has 2 aromatic rings. The molecule has 1 aliphatic rings. The van der Waals surface area contributed by atoms with Gasteiger partial charge in [0.25, 0.3) is 0 Å². The number of hydrogen-bond acceptors (Lipinski definition) is 7. The molecule has 1 atom stereocenters. The summed E-state index contributed by atoms with van der Waals surface area (Å²) < 4.78 is 43.8. The predicted octanol–water partition coefficient (Wildman–Crippen LogP) is 3.28. The zero-order chi connectivity index (χ0) is 30.6. The highest BCUT2D eigenvalue weighted by molar-refractivity contribution is 9.10. The molecule has 1 aliphatic heterocycles. The van der Waals surface area contributed by atoms with E-state index in [1.807, 2.05) is 25.1 Å². The number of carboxylic acid groups (broad SMARTS) is 1. The lowest BCUT2D eigenvalue weighted by atomic mass is 10.1. The maximum atomic E-state index is 12.3. The van der Waals surface area contributed by atoms with Gasteiger partial charge in [0.05, 0.1) is 23.7 Å². The Labute approximate surface area is 242 Å². The molecule has 2 amide bonds. The quantitative estimate of drug-likeness (QED) is 0.149. The van der Waals surface area contributed by atoms with Crippen molar-refractivity contribution < 1.29 is 42.1 Å². The van der Waals surface area contributed by atoms with Crippen molar-refractivity contribution in [2.45, 2.75) is 25.6 Å². The van der Waals surface area contributed by atoms with Crippen LogP contribution in [0.4, 0.5) is 18.9 Å². The molecule has 0 spiro atoms. The van der Waals surface area contributed by atoms with Crippen LogP contribution in [0.3, 0.4) is 0 Å². The average Bonchev–Trinajstić information content (AvgIpc) is 2.90. The summed E-state index contributed by atoms with van der Waals surface area (Å²) in [6.07, 6.45) is -5.39. The summed E-state index contributed by atoms with van der Waals surface area (Å²) in [5.41, 5.74) is 7.40. The lowest BCUT2D eigenvalue weighted by Gasteiger charge is -2.26. The third-order valence-corrected chi connectivity index (χ3v) is 6.27. The number of aliphatic carboxylic acids is 1. The number of benzene rings is 2. The Kier molecular flexibility index (Phi) is 13.0. The van der Waals surface area contributed by atoms with E-state index >= 15 is 0 Å². The topological polar surface area (TPSA) is 167 Å². The number of nitrogens with two attached hydrogens (primary N) is 1. The summed E-state index contributed by atoms with van der Waals surface area (Å²) in [6, 6.07) is 11.9. The van der Waals surface area contributed by atoms with E-state index in [-0.39, 0.29) is 24.2 Å². The highest BCUT2D eigenvalue weighted by Gasteiger charge is 2.38. The summed E-state index contributed by atoms with van der Waals surface area (Å²) in [6.45, 7) is 6.65. The van der Waals surface area contributed by atoms with Crippen LogP contribution in [0.15, 0.2) is 46.9 Å². The molecule has 15 heteroatoms. The number of carbonyl (C=O) groups is 3. The van der Waals surface area contributed by atoms with Crippen LogP contribution >= 0.6 is 15.9 Å². The van der Waals surface area contributed by atoms with Gasteiger partial charge in [0.1, 0.15) is 24.6 Å². The highest BCUT2D eigenvalue weighted by Crippen LogP contribution is 2.28. The number of nitrogens with one attached hydrogen (secondary N) is 3. The number of carbonyl (C=O) groups excluding carboxylic acids is 2. The van der Waals surface area contributed by atoms with Crippen LogP contribution < -0.4 is 21.1 Å². The van der Waals surface area contributed by atoms with E-state index in [4.69, 9.17) is 30.5 Å². The summed E-state index contributed by atoms with van der Waals surface area (Å²) in [7, 11) is 0. The van der Waals surface area contributed by atoms with Crippen molar-refractivity contribution in [3.63, 3.8) is 0 Å². The first-order chi connectivity index (χ1) is 19.3. The number of amides is 2. The molecule has 1 fully saturated rings. The molecule has 2 aromatic carbocycles. The van der Waals surface area contributed by atoms with Crippen molar-refractivity contribution >= 4 is 45.2 Å². The molecule has 11 nitrogen and oxygen atoms in total. The van der Waals surface area contributed by atoms with Crippen LogP contribution in [-0.4, -0.2) is 79.3 Å². The van der Waals surface area contributed by atoms with E-state index in [0.29, 0.717) is 17.9 Å². The number of morpholine rings is 1. The standard InChI is InChI=1S/C24H30BrN5O4.C2HF3O2/c1-16(28-22(31)15-23(32)29-19-5-2-17(3-6-19)24(26)27)18-4-7-21(20(25)14-18)34-13-10-30-8-11-33-12-9-30;3-2(4,5)1(6)7/h2-7,14,16H,8-13,15H2,1H3,(H3,26,27)(H,28,31)(H,29,32);(H,6,7). The van der Waals surface area contributed by atoms with Gasteiger partial charge in [-0.2, -0.15) is 13.2 Å². The Morgan fingerprint density at radius 2 is 1.76 bits per heavy atom. The first-order valence-electron chi connectivity index (χ1n) is 12.3. The molecule has 0 bridgehead atoms. The summed E-state index contributed by atoms with van der Waals surface area (Å²) >= 11 is 3.54.